The highest BCUT2D eigenvalue weighted by molar-refractivity contribution is 6.30. The Morgan fingerprint density at radius 2 is 2.13 bits per heavy atom. The van der Waals surface area contributed by atoms with Gasteiger partial charge in [-0.2, -0.15) is 0 Å². The molecule has 1 aliphatic rings. The Bertz CT molecular complexity index is 721. The number of rotatable bonds is 3. The fourth-order valence-electron chi connectivity index (χ4n) is 2.64. The first-order valence-corrected chi connectivity index (χ1v) is 7.65. The smallest absolute Gasteiger partial charge is 0.246 e. The molecule has 2 aromatic rings. The number of benzene rings is 1. The van der Waals surface area contributed by atoms with Crippen molar-refractivity contribution in [3.05, 3.63) is 59.9 Å². The third-order valence-electron chi connectivity index (χ3n) is 3.72. The van der Waals surface area contributed by atoms with Gasteiger partial charge in [0.2, 0.25) is 5.91 Å². The molecule has 1 fully saturated rings. The van der Waals surface area contributed by atoms with Crippen LogP contribution in [0, 0.1) is 0 Å². The molecule has 2 heterocycles. The van der Waals surface area contributed by atoms with E-state index in [0.717, 1.165) is 11.1 Å². The molecule has 23 heavy (non-hydrogen) atoms. The summed E-state index contributed by atoms with van der Waals surface area (Å²) in [6, 6.07) is 7.16. The minimum atomic E-state index is -0.199. The normalized spacial score (nSPS) is 17.8. The summed E-state index contributed by atoms with van der Waals surface area (Å²) in [4.78, 5) is 22.3. The second kappa shape index (κ2) is 6.89. The SMILES string of the molecule is C=CC(=O)N1CCOC[C@H]1c1cc(Cl)cc(-c2ncccn2)c1. The first kappa shape index (κ1) is 15.6. The Kier molecular flexibility index (Phi) is 4.69. The van der Waals surface area contributed by atoms with Crippen molar-refractivity contribution in [3.8, 4) is 11.4 Å². The number of ether oxygens (including phenoxy) is 1. The van der Waals surface area contributed by atoms with E-state index in [9.17, 15) is 4.79 Å². The van der Waals surface area contributed by atoms with Crippen LogP contribution in [0.25, 0.3) is 11.4 Å². The Labute approximate surface area is 139 Å². The zero-order valence-corrected chi connectivity index (χ0v) is 13.2. The van der Waals surface area contributed by atoms with Gasteiger partial charge in [-0.05, 0) is 35.9 Å². The van der Waals surface area contributed by atoms with Gasteiger partial charge in [-0.1, -0.05) is 18.2 Å². The van der Waals surface area contributed by atoms with Crippen molar-refractivity contribution in [3.63, 3.8) is 0 Å². The number of carbonyl (C=O) groups excluding carboxylic acids is 1. The topological polar surface area (TPSA) is 55.3 Å². The van der Waals surface area contributed by atoms with Gasteiger partial charge in [0.15, 0.2) is 5.82 Å². The monoisotopic (exact) mass is 329 g/mol. The van der Waals surface area contributed by atoms with Crippen LogP contribution in [0.3, 0.4) is 0 Å². The lowest BCUT2D eigenvalue weighted by atomic mass is 10.0. The maximum Gasteiger partial charge on any atom is 0.246 e. The van der Waals surface area contributed by atoms with Gasteiger partial charge in [0.25, 0.3) is 0 Å². The number of halogens is 1. The molecule has 1 saturated heterocycles. The van der Waals surface area contributed by atoms with Gasteiger partial charge in [-0.3, -0.25) is 4.79 Å². The highest BCUT2D eigenvalue weighted by Gasteiger charge is 2.28. The van der Waals surface area contributed by atoms with Crippen LogP contribution in [-0.4, -0.2) is 40.5 Å². The molecular weight excluding hydrogens is 314 g/mol. The van der Waals surface area contributed by atoms with Crippen molar-refractivity contribution in [2.75, 3.05) is 19.8 Å². The lowest BCUT2D eigenvalue weighted by Gasteiger charge is -2.35. The van der Waals surface area contributed by atoms with E-state index in [0.29, 0.717) is 30.6 Å². The van der Waals surface area contributed by atoms with E-state index < -0.39 is 0 Å². The van der Waals surface area contributed by atoms with Crippen LogP contribution in [-0.2, 0) is 9.53 Å². The number of aromatic nitrogens is 2. The van der Waals surface area contributed by atoms with Gasteiger partial charge >= 0.3 is 0 Å². The molecule has 6 heteroatoms. The highest BCUT2D eigenvalue weighted by atomic mass is 35.5. The molecule has 0 aliphatic carbocycles. The number of hydrogen-bond acceptors (Lipinski definition) is 4. The summed E-state index contributed by atoms with van der Waals surface area (Å²) in [6.45, 7) is 5.04. The maximum absolute atomic E-state index is 12.1. The van der Waals surface area contributed by atoms with Crippen LogP contribution in [0.2, 0.25) is 5.02 Å². The van der Waals surface area contributed by atoms with E-state index in [1.165, 1.54) is 6.08 Å². The summed E-state index contributed by atoms with van der Waals surface area (Å²) in [5, 5.41) is 0.571. The van der Waals surface area contributed by atoms with E-state index >= 15 is 0 Å². The molecule has 0 bridgehead atoms. The third-order valence-corrected chi connectivity index (χ3v) is 3.93. The maximum atomic E-state index is 12.1. The number of nitrogens with zero attached hydrogens (tertiary/aromatic N) is 3. The quantitative estimate of drug-likeness (QED) is 0.812. The van der Waals surface area contributed by atoms with E-state index in [1.54, 1.807) is 23.4 Å². The van der Waals surface area contributed by atoms with E-state index in [4.69, 9.17) is 16.3 Å². The summed E-state index contributed by atoms with van der Waals surface area (Å²) in [5.41, 5.74) is 1.71. The van der Waals surface area contributed by atoms with E-state index in [-0.39, 0.29) is 11.9 Å². The summed E-state index contributed by atoms with van der Waals surface area (Å²) in [5.74, 6) is 0.477. The lowest BCUT2D eigenvalue weighted by Crippen LogP contribution is -2.42. The Morgan fingerprint density at radius 3 is 2.87 bits per heavy atom. The zero-order chi connectivity index (χ0) is 16.2. The summed E-state index contributed by atoms with van der Waals surface area (Å²) in [7, 11) is 0. The van der Waals surface area contributed by atoms with Crippen molar-refractivity contribution in [2.45, 2.75) is 6.04 Å². The number of morpholine rings is 1. The van der Waals surface area contributed by atoms with Crippen LogP contribution in [0.4, 0.5) is 0 Å². The van der Waals surface area contributed by atoms with Gasteiger partial charge in [-0.15, -0.1) is 0 Å². The van der Waals surface area contributed by atoms with Gasteiger partial charge in [0.1, 0.15) is 0 Å². The standard InChI is InChI=1S/C17H16ClN3O2/c1-2-16(22)21-6-7-23-11-15(21)12-8-13(10-14(18)9-12)17-19-4-3-5-20-17/h2-5,8-10,15H,1,6-7,11H2/t15-/m0/s1. The molecule has 3 rings (SSSR count). The Hall–Kier alpha value is -2.24. The largest absolute Gasteiger partial charge is 0.377 e. The van der Waals surface area contributed by atoms with Crippen LogP contribution >= 0.6 is 11.6 Å². The molecule has 1 amide bonds. The Morgan fingerprint density at radius 1 is 1.35 bits per heavy atom. The molecule has 0 unspecified atom stereocenters. The molecule has 5 nitrogen and oxygen atoms in total. The van der Waals surface area contributed by atoms with Gasteiger partial charge < -0.3 is 9.64 Å². The zero-order valence-electron chi connectivity index (χ0n) is 12.5. The molecular formula is C17H16ClN3O2. The second-order valence-corrected chi connectivity index (χ2v) is 5.61. The van der Waals surface area contributed by atoms with Crippen LogP contribution < -0.4 is 0 Å². The van der Waals surface area contributed by atoms with Crippen LogP contribution in [0.5, 0.6) is 0 Å². The fraction of sp³-hybridized carbons (Fsp3) is 0.235. The molecule has 0 N–H and O–H groups in total. The molecule has 0 radical (unpaired) electrons. The van der Waals surface area contributed by atoms with E-state index in [2.05, 4.69) is 16.5 Å². The lowest BCUT2D eigenvalue weighted by molar-refractivity contribution is -0.134. The molecule has 1 atom stereocenters. The highest BCUT2D eigenvalue weighted by Crippen LogP contribution is 2.30. The molecule has 0 spiro atoms. The van der Waals surface area contributed by atoms with Crippen molar-refractivity contribution in [2.24, 2.45) is 0 Å². The van der Waals surface area contributed by atoms with Gasteiger partial charge in [0, 0.05) is 29.5 Å². The van der Waals surface area contributed by atoms with Crippen molar-refractivity contribution in [1.82, 2.24) is 14.9 Å². The minimum absolute atomic E-state index is 0.115. The molecule has 118 valence electrons. The molecule has 1 aromatic heterocycles. The summed E-state index contributed by atoms with van der Waals surface area (Å²) in [6.07, 6.45) is 4.68. The fourth-order valence-corrected chi connectivity index (χ4v) is 2.89. The van der Waals surface area contributed by atoms with Crippen molar-refractivity contribution < 1.29 is 9.53 Å². The van der Waals surface area contributed by atoms with Crippen LogP contribution in [0.1, 0.15) is 11.6 Å². The molecule has 0 saturated carbocycles. The van der Waals surface area contributed by atoms with Gasteiger partial charge in [0.05, 0.1) is 19.3 Å². The minimum Gasteiger partial charge on any atom is -0.377 e. The Balaban J connectivity index is 2.00. The summed E-state index contributed by atoms with van der Waals surface area (Å²) < 4.78 is 5.54. The predicted octanol–water partition coefficient (Wildman–Crippen LogP) is 2.88. The average Bonchev–Trinajstić information content (AvgIpc) is 2.61. The number of carbonyl (C=O) groups is 1. The average molecular weight is 330 g/mol. The van der Waals surface area contributed by atoms with E-state index in [1.807, 2.05) is 18.2 Å². The predicted molar refractivity (Wildman–Crippen MR) is 87.9 cm³/mol. The van der Waals surface area contributed by atoms with Crippen molar-refractivity contribution >= 4 is 17.5 Å². The number of hydrogen-bond donors (Lipinski definition) is 0. The second-order valence-electron chi connectivity index (χ2n) is 5.17. The molecule has 1 aromatic carbocycles. The van der Waals surface area contributed by atoms with Crippen LogP contribution in [0.15, 0.2) is 49.3 Å². The third kappa shape index (κ3) is 3.41. The number of amides is 1. The van der Waals surface area contributed by atoms with Crippen molar-refractivity contribution in [1.29, 1.82) is 0 Å². The first-order valence-electron chi connectivity index (χ1n) is 7.27. The first-order chi connectivity index (χ1) is 11.2. The van der Waals surface area contributed by atoms with Gasteiger partial charge in [-0.25, -0.2) is 9.97 Å². The summed E-state index contributed by atoms with van der Waals surface area (Å²) >= 11 is 6.26. The molecule has 1 aliphatic heterocycles.